The van der Waals surface area contributed by atoms with E-state index in [0.29, 0.717) is 12.5 Å². The number of hydrazine groups is 1. The van der Waals surface area contributed by atoms with Crippen LogP contribution in [0.2, 0.25) is 0 Å². The van der Waals surface area contributed by atoms with Crippen LogP contribution in [-0.4, -0.2) is 41.5 Å². The van der Waals surface area contributed by atoms with Gasteiger partial charge in [-0.3, -0.25) is 0 Å². The van der Waals surface area contributed by atoms with Gasteiger partial charge < -0.3 is 14.9 Å². The Morgan fingerprint density at radius 3 is 2.53 bits per heavy atom. The van der Waals surface area contributed by atoms with E-state index in [0.717, 1.165) is 11.3 Å². The van der Waals surface area contributed by atoms with Gasteiger partial charge in [-0.05, 0) is 26.3 Å². The molecule has 2 atom stereocenters. The highest BCUT2D eigenvalue weighted by atomic mass is 35.5. The normalized spacial score (nSPS) is 21.4. The van der Waals surface area contributed by atoms with E-state index in [-0.39, 0.29) is 18.9 Å². The lowest BCUT2D eigenvalue weighted by atomic mass is 10.2. The molecule has 1 aliphatic rings. The molecule has 1 aliphatic heterocycles. The van der Waals surface area contributed by atoms with E-state index in [1.54, 1.807) is 0 Å². The van der Waals surface area contributed by atoms with E-state index in [2.05, 4.69) is 5.43 Å². The summed E-state index contributed by atoms with van der Waals surface area (Å²) in [5.41, 5.74) is 5.27. The highest BCUT2D eigenvalue weighted by Crippen LogP contribution is 2.24. The Bertz CT molecular complexity index is 247. The van der Waals surface area contributed by atoms with E-state index in [1.807, 2.05) is 39.6 Å². The fourth-order valence-corrected chi connectivity index (χ4v) is 1.96. The predicted molar refractivity (Wildman–Crippen MR) is 71.7 cm³/mol. The second kappa shape index (κ2) is 8.75. The van der Waals surface area contributed by atoms with Gasteiger partial charge in [0.25, 0.3) is 0 Å². The average Bonchev–Trinajstić information content (AvgIpc) is 2.68. The molecule has 0 aromatic rings. The molecule has 0 radical (unpaired) electrons. The van der Waals surface area contributed by atoms with Crippen molar-refractivity contribution in [2.24, 2.45) is 0 Å². The van der Waals surface area contributed by atoms with Crippen molar-refractivity contribution in [1.29, 1.82) is 0 Å². The third-order valence-corrected chi connectivity index (χ3v) is 2.81. The second-order valence-electron chi connectivity index (χ2n) is 3.63. The van der Waals surface area contributed by atoms with Crippen LogP contribution in [0.3, 0.4) is 0 Å². The molecule has 0 aromatic carbocycles. The third kappa shape index (κ3) is 4.14. The zero-order valence-corrected chi connectivity index (χ0v) is 12.2. The van der Waals surface area contributed by atoms with E-state index < -0.39 is 0 Å². The molecule has 102 valence electrons. The van der Waals surface area contributed by atoms with Gasteiger partial charge in [0.05, 0.1) is 18.5 Å². The maximum absolute atomic E-state index is 9.12. The van der Waals surface area contributed by atoms with Crippen LogP contribution in [-0.2, 0) is 4.74 Å². The number of rotatable bonds is 5. The molecule has 2 unspecified atom stereocenters. The molecule has 0 saturated carbocycles. The summed E-state index contributed by atoms with van der Waals surface area (Å²) in [6, 6.07) is -0.000781. The van der Waals surface area contributed by atoms with Crippen LogP contribution in [0.5, 0.6) is 0 Å². The van der Waals surface area contributed by atoms with Gasteiger partial charge >= 0.3 is 0 Å². The smallest absolute Gasteiger partial charge is 0.148 e. The number of aliphatic hydroxyl groups excluding tert-OH is 1. The molecular weight excluding hydrogens is 240 g/mol. The Morgan fingerprint density at radius 1 is 1.53 bits per heavy atom. The average molecular weight is 265 g/mol. The summed E-state index contributed by atoms with van der Waals surface area (Å²) in [6.07, 6.45) is -0.113. The zero-order valence-electron chi connectivity index (χ0n) is 11.5. The summed E-state index contributed by atoms with van der Waals surface area (Å²) in [5, 5.41) is 11.0. The second-order valence-corrected chi connectivity index (χ2v) is 3.90. The minimum Gasteiger partial charge on any atom is -0.394 e. The van der Waals surface area contributed by atoms with Crippen molar-refractivity contribution < 1.29 is 9.84 Å². The number of nitrogens with one attached hydrogen (secondary N) is 1. The molecule has 0 bridgehead atoms. The van der Waals surface area contributed by atoms with Crippen LogP contribution < -0.4 is 5.43 Å². The number of aliphatic hydroxyl groups is 1. The Labute approximate surface area is 110 Å². The number of hydrogen-bond acceptors (Lipinski definition) is 4. The molecule has 17 heavy (non-hydrogen) atoms. The fourth-order valence-electron chi connectivity index (χ4n) is 1.62. The van der Waals surface area contributed by atoms with E-state index in [4.69, 9.17) is 21.4 Å². The molecule has 0 aromatic heterocycles. The quantitative estimate of drug-likeness (QED) is 0.747. The SMILES string of the molecule is CC.CCOC1NN(C(C)CO)C(CCl)=C1C. The zero-order chi connectivity index (χ0) is 13.4. The highest BCUT2D eigenvalue weighted by Gasteiger charge is 2.30. The maximum Gasteiger partial charge on any atom is 0.148 e. The Morgan fingerprint density at radius 2 is 2.12 bits per heavy atom. The summed E-state index contributed by atoms with van der Waals surface area (Å²) >= 11 is 5.89. The lowest BCUT2D eigenvalue weighted by Gasteiger charge is -2.28. The van der Waals surface area contributed by atoms with Crippen molar-refractivity contribution in [3.05, 3.63) is 11.3 Å². The van der Waals surface area contributed by atoms with Crippen molar-refractivity contribution >= 4 is 11.6 Å². The van der Waals surface area contributed by atoms with Crippen LogP contribution in [0.15, 0.2) is 11.3 Å². The van der Waals surface area contributed by atoms with Crippen molar-refractivity contribution in [2.45, 2.75) is 46.9 Å². The third-order valence-electron chi connectivity index (χ3n) is 2.56. The first-order chi connectivity index (χ1) is 8.15. The van der Waals surface area contributed by atoms with Gasteiger partial charge in [0, 0.05) is 12.3 Å². The topological polar surface area (TPSA) is 44.7 Å². The molecule has 5 heteroatoms. The lowest BCUT2D eigenvalue weighted by Crippen LogP contribution is -2.45. The van der Waals surface area contributed by atoms with Gasteiger partial charge in [0.2, 0.25) is 0 Å². The number of alkyl halides is 1. The Kier molecular flexibility index (Phi) is 8.60. The molecule has 0 saturated heterocycles. The van der Waals surface area contributed by atoms with Crippen molar-refractivity contribution in [1.82, 2.24) is 10.4 Å². The molecule has 1 heterocycles. The minimum atomic E-state index is -0.113. The van der Waals surface area contributed by atoms with Crippen molar-refractivity contribution in [3.8, 4) is 0 Å². The predicted octanol–water partition coefficient (Wildman–Crippen LogP) is 2.09. The molecule has 0 aliphatic carbocycles. The number of nitrogens with zero attached hydrogens (tertiary/aromatic N) is 1. The molecular formula is C12H25ClN2O2. The molecule has 0 fully saturated rings. The van der Waals surface area contributed by atoms with Gasteiger partial charge in [-0.2, -0.15) is 0 Å². The number of ether oxygens (including phenoxy) is 1. The molecule has 2 N–H and O–H groups in total. The maximum atomic E-state index is 9.12. The molecule has 1 rings (SSSR count). The summed E-state index contributed by atoms with van der Waals surface area (Å²) in [5.74, 6) is 0.423. The summed E-state index contributed by atoms with van der Waals surface area (Å²) in [6.45, 7) is 10.6. The number of hydrogen-bond donors (Lipinski definition) is 2. The van der Waals surface area contributed by atoms with Gasteiger partial charge in [-0.15, -0.1) is 11.6 Å². The van der Waals surface area contributed by atoms with Gasteiger partial charge in [-0.1, -0.05) is 13.8 Å². The largest absolute Gasteiger partial charge is 0.394 e. The van der Waals surface area contributed by atoms with Crippen LogP contribution in [0, 0.1) is 0 Å². The number of halogens is 1. The fraction of sp³-hybridized carbons (Fsp3) is 0.833. The van der Waals surface area contributed by atoms with Crippen LogP contribution in [0.4, 0.5) is 0 Å². The first kappa shape index (κ1) is 16.7. The summed E-state index contributed by atoms with van der Waals surface area (Å²) < 4.78 is 5.52. The Hall–Kier alpha value is -0.290. The molecule has 4 nitrogen and oxygen atoms in total. The lowest BCUT2D eigenvalue weighted by molar-refractivity contribution is 0.0152. The van der Waals surface area contributed by atoms with E-state index >= 15 is 0 Å². The van der Waals surface area contributed by atoms with E-state index in [1.165, 1.54) is 0 Å². The molecule has 0 spiro atoms. The van der Waals surface area contributed by atoms with Crippen LogP contribution >= 0.6 is 11.6 Å². The van der Waals surface area contributed by atoms with Crippen molar-refractivity contribution in [2.75, 3.05) is 19.1 Å². The summed E-state index contributed by atoms with van der Waals surface area (Å²) in [4.78, 5) is 0. The molecule has 0 amide bonds. The van der Waals surface area contributed by atoms with Gasteiger partial charge in [0.1, 0.15) is 6.23 Å². The van der Waals surface area contributed by atoms with Crippen LogP contribution in [0.1, 0.15) is 34.6 Å². The van der Waals surface area contributed by atoms with Gasteiger partial charge in [0.15, 0.2) is 0 Å². The van der Waals surface area contributed by atoms with E-state index in [9.17, 15) is 0 Å². The van der Waals surface area contributed by atoms with Gasteiger partial charge in [-0.25, -0.2) is 5.43 Å². The standard InChI is InChI=1S/C10H19ClN2O2.C2H6/c1-4-15-10-8(3)9(5-11)13(12-10)7(2)6-14;1-2/h7,10,12,14H,4-6H2,1-3H3;1-2H3. The van der Waals surface area contributed by atoms with Crippen LogP contribution in [0.25, 0.3) is 0 Å². The Balaban J connectivity index is 0.00000121. The minimum absolute atomic E-state index is 0.000781. The first-order valence-electron chi connectivity index (χ1n) is 6.19. The van der Waals surface area contributed by atoms with Crippen molar-refractivity contribution in [3.63, 3.8) is 0 Å². The monoisotopic (exact) mass is 264 g/mol. The number of allylic oxidation sites excluding steroid dienone is 1. The first-order valence-corrected chi connectivity index (χ1v) is 6.72. The highest BCUT2D eigenvalue weighted by molar-refractivity contribution is 6.19. The summed E-state index contributed by atoms with van der Waals surface area (Å²) in [7, 11) is 0.